The Morgan fingerprint density at radius 1 is 1.37 bits per heavy atom. The van der Waals surface area contributed by atoms with Crippen LogP contribution in [-0.4, -0.2) is 28.2 Å². The molecule has 0 radical (unpaired) electrons. The number of carbonyl (C=O) groups is 2. The molecule has 0 atom stereocenters. The largest absolute Gasteiger partial charge is 0.478 e. The molecule has 1 rings (SSSR count). The molecule has 0 aromatic heterocycles. The van der Waals surface area contributed by atoms with Crippen LogP contribution in [0.25, 0.3) is 0 Å². The summed E-state index contributed by atoms with van der Waals surface area (Å²) in [5.41, 5.74) is -4.02. The van der Waals surface area contributed by atoms with Crippen LogP contribution in [0.2, 0.25) is 0 Å². The van der Waals surface area contributed by atoms with Crippen LogP contribution in [0.3, 0.4) is 0 Å². The molecule has 0 spiro atoms. The van der Waals surface area contributed by atoms with Crippen LogP contribution in [0, 0.1) is 6.92 Å². The van der Waals surface area contributed by atoms with Gasteiger partial charge >= 0.3 is 11.5 Å². The van der Waals surface area contributed by atoms with Gasteiger partial charge in [-0.2, -0.15) is 13.2 Å². The standard InChI is InChI=1S/C11H10F3NO3S/c1-6-2-3-8(7(4-6)10(17)18)15-9(16)5-19-11(12,13)14/h2-4H,5H2,1H3,(H,15,16)(H,17,18). The molecule has 0 saturated carbocycles. The van der Waals surface area contributed by atoms with Crippen molar-refractivity contribution in [3.05, 3.63) is 29.3 Å². The Morgan fingerprint density at radius 3 is 2.53 bits per heavy atom. The molecule has 0 fully saturated rings. The van der Waals surface area contributed by atoms with Gasteiger partial charge in [0.25, 0.3) is 0 Å². The lowest BCUT2D eigenvalue weighted by atomic mass is 10.1. The molecule has 8 heteroatoms. The molecule has 0 aliphatic rings. The maximum atomic E-state index is 11.9. The van der Waals surface area contributed by atoms with E-state index in [4.69, 9.17) is 5.11 Å². The zero-order valence-corrected chi connectivity index (χ0v) is 10.6. The number of alkyl halides is 3. The second-order valence-corrected chi connectivity index (χ2v) is 4.68. The van der Waals surface area contributed by atoms with E-state index in [0.717, 1.165) is 0 Å². The van der Waals surface area contributed by atoms with Crippen molar-refractivity contribution in [3.8, 4) is 0 Å². The van der Waals surface area contributed by atoms with Gasteiger partial charge in [-0.05, 0) is 30.8 Å². The van der Waals surface area contributed by atoms with Crippen LogP contribution in [0.4, 0.5) is 18.9 Å². The summed E-state index contributed by atoms with van der Waals surface area (Å²) in [7, 11) is 0. The second-order valence-electron chi connectivity index (χ2n) is 3.64. The van der Waals surface area contributed by atoms with Crippen molar-refractivity contribution in [2.24, 2.45) is 0 Å². The van der Waals surface area contributed by atoms with Gasteiger partial charge in [0.05, 0.1) is 17.0 Å². The van der Waals surface area contributed by atoms with Crippen LogP contribution in [0.1, 0.15) is 15.9 Å². The topological polar surface area (TPSA) is 66.4 Å². The monoisotopic (exact) mass is 293 g/mol. The first-order valence-electron chi connectivity index (χ1n) is 5.03. The van der Waals surface area contributed by atoms with Gasteiger partial charge in [-0.1, -0.05) is 11.6 Å². The maximum absolute atomic E-state index is 11.9. The van der Waals surface area contributed by atoms with Crippen molar-refractivity contribution >= 4 is 29.3 Å². The van der Waals surface area contributed by atoms with Gasteiger partial charge < -0.3 is 10.4 Å². The molecule has 0 saturated heterocycles. The molecule has 0 unspecified atom stereocenters. The van der Waals surface area contributed by atoms with Crippen molar-refractivity contribution in [3.63, 3.8) is 0 Å². The summed E-state index contributed by atoms with van der Waals surface area (Å²) in [6.07, 6.45) is 0. The molecule has 0 heterocycles. The smallest absolute Gasteiger partial charge is 0.442 e. The summed E-state index contributed by atoms with van der Waals surface area (Å²) in [6, 6.07) is 4.22. The predicted octanol–water partition coefficient (Wildman–Crippen LogP) is 2.88. The van der Waals surface area contributed by atoms with E-state index in [2.05, 4.69) is 5.32 Å². The summed E-state index contributed by atoms with van der Waals surface area (Å²) >= 11 is -0.481. The first-order valence-corrected chi connectivity index (χ1v) is 6.02. The molecule has 0 aliphatic heterocycles. The zero-order valence-electron chi connectivity index (χ0n) is 9.75. The number of aromatic carboxylic acids is 1. The highest BCUT2D eigenvalue weighted by molar-refractivity contribution is 8.00. The SMILES string of the molecule is Cc1ccc(NC(=O)CSC(F)(F)F)c(C(=O)O)c1. The van der Waals surface area contributed by atoms with E-state index in [0.29, 0.717) is 5.56 Å². The van der Waals surface area contributed by atoms with Crippen LogP contribution >= 0.6 is 11.8 Å². The number of amides is 1. The number of carboxylic acids is 1. The molecule has 0 aliphatic carbocycles. The van der Waals surface area contributed by atoms with Gasteiger partial charge in [0, 0.05) is 0 Å². The molecule has 4 nitrogen and oxygen atoms in total. The van der Waals surface area contributed by atoms with Gasteiger partial charge in [0.1, 0.15) is 0 Å². The molecule has 1 amide bonds. The van der Waals surface area contributed by atoms with Gasteiger partial charge in [0.15, 0.2) is 0 Å². The summed E-state index contributed by atoms with van der Waals surface area (Å²) in [5.74, 6) is -2.99. The quantitative estimate of drug-likeness (QED) is 0.895. The van der Waals surface area contributed by atoms with E-state index in [1.807, 2.05) is 0 Å². The maximum Gasteiger partial charge on any atom is 0.442 e. The van der Waals surface area contributed by atoms with Crippen molar-refractivity contribution in [2.45, 2.75) is 12.4 Å². The van der Waals surface area contributed by atoms with Gasteiger partial charge in [-0.15, -0.1) is 0 Å². The lowest BCUT2D eigenvalue weighted by molar-refractivity contribution is -0.114. The van der Waals surface area contributed by atoms with Gasteiger partial charge in [-0.25, -0.2) is 4.79 Å². The van der Waals surface area contributed by atoms with Gasteiger partial charge in [-0.3, -0.25) is 4.79 Å². The van der Waals surface area contributed by atoms with Gasteiger partial charge in [0.2, 0.25) is 5.91 Å². The van der Waals surface area contributed by atoms with Crippen LogP contribution in [0.5, 0.6) is 0 Å². The predicted molar refractivity (Wildman–Crippen MR) is 65.3 cm³/mol. The number of hydrogen-bond donors (Lipinski definition) is 2. The minimum absolute atomic E-state index is 0.0223. The number of thioether (sulfide) groups is 1. The molecule has 2 N–H and O–H groups in total. The fourth-order valence-corrected chi connectivity index (χ4v) is 1.64. The highest BCUT2D eigenvalue weighted by atomic mass is 32.2. The Kier molecular flexibility index (Phi) is 4.82. The lowest BCUT2D eigenvalue weighted by Crippen LogP contribution is -2.19. The summed E-state index contributed by atoms with van der Waals surface area (Å²) in [6.45, 7) is 1.66. The Labute approximate surface area is 111 Å². The molecule has 19 heavy (non-hydrogen) atoms. The average molecular weight is 293 g/mol. The lowest BCUT2D eigenvalue weighted by Gasteiger charge is -2.10. The second kappa shape index (κ2) is 5.96. The number of nitrogens with one attached hydrogen (secondary N) is 1. The number of anilines is 1. The average Bonchev–Trinajstić information content (AvgIpc) is 2.28. The number of carbonyl (C=O) groups excluding carboxylic acids is 1. The Bertz CT molecular complexity index is 502. The third-order valence-corrected chi connectivity index (χ3v) is 2.78. The molecular weight excluding hydrogens is 283 g/mol. The number of halogens is 3. The van der Waals surface area contributed by atoms with Crippen molar-refractivity contribution in [1.29, 1.82) is 0 Å². The highest BCUT2D eigenvalue weighted by Gasteiger charge is 2.29. The van der Waals surface area contributed by atoms with E-state index in [1.165, 1.54) is 12.1 Å². The van der Waals surface area contributed by atoms with E-state index in [1.54, 1.807) is 13.0 Å². The summed E-state index contributed by atoms with van der Waals surface area (Å²) in [4.78, 5) is 22.2. The Hall–Kier alpha value is -1.70. The first-order chi connectivity index (χ1) is 8.69. The minimum Gasteiger partial charge on any atom is -0.478 e. The normalized spacial score (nSPS) is 11.2. The number of carboxylic acid groups (broad SMARTS) is 1. The Balaban J connectivity index is 2.77. The fraction of sp³-hybridized carbons (Fsp3) is 0.273. The first kappa shape index (κ1) is 15.4. The highest BCUT2D eigenvalue weighted by Crippen LogP contribution is 2.30. The molecule has 1 aromatic carbocycles. The summed E-state index contributed by atoms with van der Waals surface area (Å²) in [5, 5.41) is 11.1. The third-order valence-electron chi connectivity index (χ3n) is 2.05. The van der Waals surface area contributed by atoms with Crippen molar-refractivity contribution in [1.82, 2.24) is 0 Å². The molecule has 104 valence electrons. The number of hydrogen-bond acceptors (Lipinski definition) is 3. The minimum atomic E-state index is -4.50. The fourth-order valence-electron chi connectivity index (χ4n) is 1.28. The molecule has 1 aromatic rings. The molecular formula is C11H10F3NO3S. The Morgan fingerprint density at radius 2 is 2.00 bits per heavy atom. The van der Waals surface area contributed by atoms with Crippen LogP contribution < -0.4 is 5.32 Å². The summed E-state index contributed by atoms with van der Waals surface area (Å²) < 4.78 is 35.7. The van der Waals surface area contributed by atoms with E-state index in [-0.39, 0.29) is 11.3 Å². The van der Waals surface area contributed by atoms with Crippen molar-refractivity contribution in [2.75, 3.05) is 11.1 Å². The number of rotatable bonds is 4. The van der Waals surface area contributed by atoms with Crippen LogP contribution in [-0.2, 0) is 4.79 Å². The number of benzene rings is 1. The van der Waals surface area contributed by atoms with E-state index in [9.17, 15) is 22.8 Å². The molecule has 0 bridgehead atoms. The van der Waals surface area contributed by atoms with Crippen LogP contribution in [0.15, 0.2) is 18.2 Å². The zero-order chi connectivity index (χ0) is 14.6. The van der Waals surface area contributed by atoms with Crippen molar-refractivity contribution < 1.29 is 27.9 Å². The number of aryl methyl sites for hydroxylation is 1. The van der Waals surface area contributed by atoms with E-state index >= 15 is 0 Å². The third kappa shape index (κ3) is 5.21. The van der Waals surface area contributed by atoms with E-state index < -0.39 is 34.9 Å².